The van der Waals surface area contributed by atoms with Gasteiger partial charge in [-0.25, -0.2) is 9.59 Å². The molecule has 0 aromatic heterocycles. The van der Waals surface area contributed by atoms with Gasteiger partial charge in [0.25, 0.3) is 0 Å². The molecule has 2 amide bonds. The van der Waals surface area contributed by atoms with Gasteiger partial charge in [0, 0.05) is 13.1 Å². The smallest absolute Gasteiger partial charge is 0.328 e. The highest BCUT2D eigenvalue weighted by Crippen LogP contribution is 2.16. The molecule has 0 aromatic carbocycles. The van der Waals surface area contributed by atoms with Crippen LogP contribution in [0.1, 0.15) is 13.3 Å². The first-order chi connectivity index (χ1) is 9.15. The second kappa shape index (κ2) is 6.21. The van der Waals surface area contributed by atoms with Gasteiger partial charge >= 0.3 is 12.0 Å². The highest BCUT2D eigenvalue weighted by atomic mass is 16.5. The van der Waals surface area contributed by atoms with Crippen molar-refractivity contribution in [2.24, 2.45) is 0 Å². The molecule has 2 unspecified atom stereocenters. The lowest BCUT2D eigenvalue weighted by molar-refractivity contribution is -0.148. The predicted octanol–water partition coefficient (Wildman–Crippen LogP) is 0.00260. The number of hydrogen-bond donors (Lipinski definition) is 1. The molecule has 7 heteroatoms. The van der Waals surface area contributed by atoms with Crippen LogP contribution in [0, 0.1) is 0 Å². The predicted molar refractivity (Wildman–Crippen MR) is 65.9 cm³/mol. The van der Waals surface area contributed by atoms with E-state index in [2.05, 4.69) is 0 Å². The molecule has 0 spiro atoms. The number of aliphatic carboxylic acids is 1. The molecule has 2 saturated heterocycles. The van der Waals surface area contributed by atoms with E-state index >= 15 is 0 Å². The molecule has 2 atom stereocenters. The van der Waals surface area contributed by atoms with Crippen molar-refractivity contribution in [1.82, 2.24) is 9.80 Å². The van der Waals surface area contributed by atoms with Crippen LogP contribution in [-0.4, -0.2) is 78.5 Å². The van der Waals surface area contributed by atoms with Crippen molar-refractivity contribution in [2.45, 2.75) is 25.4 Å². The molecule has 19 heavy (non-hydrogen) atoms. The van der Waals surface area contributed by atoms with Crippen LogP contribution in [0.3, 0.4) is 0 Å². The molecule has 0 radical (unpaired) electrons. The van der Waals surface area contributed by atoms with Crippen molar-refractivity contribution in [3.63, 3.8) is 0 Å². The van der Waals surface area contributed by atoms with E-state index < -0.39 is 12.0 Å². The van der Waals surface area contributed by atoms with Crippen LogP contribution in [0.2, 0.25) is 0 Å². The van der Waals surface area contributed by atoms with Gasteiger partial charge in [-0.05, 0) is 6.42 Å². The first kappa shape index (κ1) is 14.1. The van der Waals surface area contributed by atoms with Crippen molar-refractivity contribution >= 4 is 12.0 Å². The number of carboxylic acids is 1. The third-order valence-corrected chi connectivity index (χ3v) is 3.60. The van der Waals surface area contributed by atoms with Gasteiger partial charge < -0.3 is 24.4 Å². The Bertz CT molecular complexity index is 349. The summed E-state index contributed by atoms with van der Waals surface area (Å²) in [5, 5.41) is 9.16. The van der Waals surface area contributed by atoms with E-state index in [4.69, 9.17) is 14.6 Å². The maximum absolute atomic E-state index is 12.5. The number of carbonyl (C=O) groups is 2. The first-order valence-corrected chi connectivity index (χ1v) is 6.60. The molecular weight excluding hydrogens is 252 g/mol. The Labute approximate surface area is 112 Å². The van der Waals surface area contributed by atoms with Crippen molar-refractivity contribution in [1.29, 1.82) is 0 Å². The monoisotopic (exact) mass is 272 g/mol. The van der Waals surface area contributed by atoms with Gasteiger partial charge in [0.1, 0.15) is 0 Å². The lowest BCUT2D eigenvalue weighted by Gasteiger charge is -2.41. The second-order valence-corrected chi connectivity index (χ2v) is 4.74. The minimum absolute atomic E-state index is 0.0264. The summed E-state index contributed by atoms with van der Waals surface area (Å²) >= 11 is 0. The van der Waals surface area contributed by atoms with Crippen LogP contribution in [0.5, 0.6) is 0 Å². The number of nitrogens with zero attached hydrogens (tertiary/aromatic N) is 2. The number of rotatable bonds is 2. The highest BCUT2D eigenvalue weighted by molar-refractivity contribution is 5.83. The van der Waals surface area contributed by atoms with Crippen LogP contribution < -0.4 is 0 Å². The average Bonchev–Trinajstić information content (AvgIpc) is 2.46. The van der Waals surface area contributed by atoms with Crippen LogP contribution in [-0.2, 0) is 14.3 Å². The fourth-order valence-corrected chi connectivity index (χ4v) is 2.45. The Balaban J connectivity index is 2.09. The van der Waals surface area contributed by atoms with E-state index in [-0.39, 0.29) is 18.7 Å². The fraction of sp³-hybridized carbons (Fsp3) is 0.833. The molecule has 2 aliphatic rings. The number of amides is 2. The zero-order valence-electron chi connectivity index (χ0n) is 11.1. The van der Waals surface area contributed by atoms with Crippen molar-refractivity contribution in [3.8, 4) is 0 Å². The Kier molecular flexibility index (Phi) is 4.60. The summed E-state index contributed by atoms with van der Waals surface area (Å²) in [4.78, 5) is 26.8. The minimum atomic E-state index is -1.02. The lowest BCUT2D eigenvalue weighted by Crippen LogP contribution is -2.60. The quantitative estimate of drug-likeness (QED) is 0.765. The third-order valence-electron chi connectivity index (χ3n) is 3.60. The van der Waals surface area contributed by atoms with E-state index in [1.165, 1.54) is 4.90 Å². The number of carbonyl (C=O) groups excluding carboxylic acids is 1. The summed E-state index contributed by atoms with van der Waals surface area (Å²) in [6.07, 6.45) is 0.799. The number of urea groups is 1. The molecule has 0 aliphatic carbocycles. The molecule has 2 fully saturated rings. The molecule has 2 rings (SSSR count). The summed E-state index contributed by atoms with van der Waals surface area (Å²) < 4.78 is 10.5. The Morgan fingerprint density at radius 3 is 2.42 bits per heavy atom. The number of hydrogen-bond acceptors (Lipinski definition) is 4. The van der Waals surface area contributed by atoms with Crippen molar-refractivity contribution in [3.05, 3.63) is 0 Å². The number of carboxylic acid groups (broad SMARTS) is 1. The summed E-state index contributed by atoms with van der Waals surface area (Å²) in [5.41, 5.74) is 0. The van der Waals surface area contributed by atoms with Crippen LogP contribution in [0.25, 0.3) is 0 Å². The Hall–Kier alpha value is -1.34. The van der Waals surface area contributed by atoms with E-state index in [1.807, 2.05) is 6.92 Å². The maximum atomic E-state index is 12.5. The molecule has 0 saturated carbocycles. The van der Waals surface area contributed by atoms with Crippen LogP contribution in [0.15, 0.2) is 0 Å². The summed E-state index contributed by atoms with van der Waals surface area (Å²) in [5.74, 6) is -1.02. The molecule has 7 nitrogen and oxygen atoms in total. The summed E-state index contributed by atoms with van der Waals surface area (Å²) in [7, 11) is 0. The standard InChI is InChI=1S/C12H20N2O5/c1-2-9-7-18-5-3-13(9)12(17)14-4-6-19-8-10(14)11(15)16/h9-10H,2-8H2,1H3,(H,15,16). The van der Waals surface area contributed by atoms with Gasteiger partial charge in [-0.1, -0.05) is 6.92 Å². The van der Waals surface area contributed by atoms with Gasteiger partial charge in [-0.15, -0.1) is 0 Å². The van der Waals surface area contributed by atoms with E-state index in [0.29, 0.717) is 32.9 Å². The lowest BCUT2D eigenvalue weighted by atomic mass is 10.1. The zero-order valence-corrected chi connectivity index (χ0v) is 11.1. The van der Waals surface area contributed by atoms with Gasteiger partial charge in [0.2, 0.25) is 0 Å². The van der Waals surface area contributed by atoms with Crippen LogP contribution in [0.4, 0.5) is 4.79 Å². The largest absolute Gasteiger partial charge is 0.480 e. The number of morpholine rings is 2. The van der Waals surface area contributed by atoms with Gasteiger partial charge in [0.15, 0.2) is 6.04 Å². The third kappa shape index (κ3) is 2.98. The zero-order chi connectivity index (χ0) is 13.8. The average molecular weight is 272 g/mol. The van der Waals surface area contributed by atoms with Gasteiger partial charge in [-0.3, -0.25) is 0 Å². The molecule has 2 aliphatic heterocycles. The molecule has 1 N–H and O–H groups in total. The molecule has 108 valence electrons. The summed E-state index contributed by atoms with van der Waals surface area (Å²) in [6, 6.07) is -1.08. The minimum Gasteiger partial charge on any atom is -0.480 e. The van der Waals surface area contributed by atoms with E-state index in [0.717, 1.165) is 6.42 Å². The maximum Gasteiger partial charge on any atom is 0.328 e. The topological polar surface area (TPSA) is 79.3 Å². The van der Waals surface area contributed by atoms with E-state index in [1.54, 1.807) is 4.90 Å². The molecule has 2 heterocycles. The van der Waals surface area contributed by atoms with Gasteiger partial charge in [0.05, 0.1) is 32.5 Å². The SMILES string of the molecule is CCC1COCCN1C(=O)N1CCOCC1C(=O)O. The normalized spacial score (nSPS) is 28.3. The Morgan fingerprint density at radius 1 is 1.16 bits per heavy atom. The second-order valence-electron chi connectivity index (χ2n) is 4.74. The van der Waals surface area contributed by atoms with Crippen molar-refractivity contribution in [2.75, 3.05) is 39.5 Å². The van der Waals surface area contributed by atoms with E-state index in [9.17, 15) is 9.59 Å². The first-order valence-electron chi connectivity index (χ1n) is 6.60. The Morgan fingerprint density at radius 2 is 1.79 bits per heavy atom. The number of ether oxygens (including phenoxy) is 2. The summed E-state index contributed by atoms with van der Waals surface area (Å²) in [6.45, 7) is 4.30. The van der Waals surface area contributed by atoms with Crippen LogP contribution >= 0.6 is 0 Å². The van der Waals surface area contributed by atoms with Crippen molar-refractivity contribution < 1.29 is 24.2 Å². The molecular formula is C12H20N2O5. The molecule has 0 aromatic rings. The molecule has 0 bridgehead atoms. The van der Waals surface area contributed by atoms with Gasteiger partial charge in [-0.2, -0.15) is 0 Å². The highest BCUT2D eigenvalue weighted by Gasteiger charge is 2.37. The fourth-order valence-electron chi connectivity index (χ4n) is 2.45.